The molecule has 0 saturated heterocycles. The van der Waals surface area contributed by atoms with Crippen LogP contribution >= 0.6 is 0 Å². The van der Waals surface area contributed by atoms with E-state index in [4.69, 9.17) is 0 Å². The van der Waals surface area contributed by atoms with Gasteiger partial charge in [-0.05, 0) is 37.8 Å². The molecule has 1 aromatic heterocycles. The van der Waals surface area contributed by atoms with Gasteiger partial charge in [0.05, 0.1) is 11.9 Å². The minimum Gasteiger partial charge on any atom is -0.335 e. The van der Waals surface area contributed by atoms with Gasteiger partial charge < -0.3 is 10.6 Å². The third-order valence-corrected chi connectivity index (χ3v) is 2.57. The number of nitrogens with one attached hydrogen (secondary N) is 2. The molecule has 0 aromatic carbocycles. The molecule has 4 heteroatoms. The third kappa shape index (κ3) is 2.68. The number of carbonyl (C=O) groups excluding carboxylic acids is 1. The van der Waals surface area contributed by atoms with Crippen LogP contribution in [0.5, 0.6) is 0 Å². The number of hydrogen-bond donors (Lipinski definition) is 2. The molecule has 80 valence electrons. The van der Waals surface area contributed by atoms with E-state index < -0.39 is 0 Å². The van der Waals surface area contributed by atoms with Crippen LogP contribution in [0, 0.1) is 6.92 Å². The molecule has 4 nitrogen and oxygen atoms in total. The summed E-state index contributed by atoms with van der Waals surface area (Å²) in [5.74, 6) is 0. The summed E-state index contributed by atoms with van der Waals surface area (Å²) in [6.07, 6.45) is 6.82. The Hall–Kier alpha value is -1.58. The number of amides is 2. The molecule has 0 aliphatic heterocycles. The first-order valence-electron chi connectivity index (χ1n) is 5.23. The minimum absolute atomic E-state index is 0.132. The quantitative estimate of drug-likeness (QED) is 0.776. The Morgan fingerprint density at radius 3 is 2.87 bits per heavy atom. The molecule has 0 spiro atoms. The number of pyridine rings is 1. The summed E-state index contributed by atoms with van der Waals surface area (Å²) in [6.45, 7) is 1.95. The van der Waals surface area contributed by atoms with Crippen molar-refractivity contribution in [2.75, 3.05) is 5.32 Å². The molecule has 0 bridgehead atoms. The minimum atomic E-state index is -0.132. The van der Waals surface area contributed by atoms with Crippen LogP contribution < -0.4 is 10.6 Å². The lowest BCUT2D eigenvalue weighted by atomic mass is 9.93. The van der Waals surface area contributed by atoms with Crippen LogP contribution in [0.3, 0.4) is 0 Å². The molecule has 1 heterocycles. The van der Waals surface area contributed by atoms with E-state index in [1.54, 1.807) is 12.4 Å². The van der Waals surface area contributed by atoms with Crippen LogP contribution in [0.25, 0.3) is 0 Å². The van der Waals surface area contributed by atoms with Gasteiger partial charge in [0.15, 0.2) is 0 Å². The summed E-state index contributed by atoms with van der Waals surface area (Å²) in [6, 6.07) is 2.13. The average molecular weight is 205 g/mol. The summed E-state index contributed by atoms with van der Waals surface area (Å²) < 4.78 is 0. The van der Waals surface area contributed by atoms with Gasteiger partial charge in [-0.1, -0.05) is 0 Å². The van der Waals surface area contributed by atoms with Crippen LogP contribution in [-0.4, -0.2) is 17.1 Å². The molecule has 2 amide bonds. The van der Waals surface area contributed by atoms with Crippen molar-refractivity contribution in [1.29, 1.82) is 0 Å². The largest absolute Gasteiger partial charge is 0.335 e. The Balaban J connectivity index is 1.87. The maximum Gasteiger partial charge on any atom is 0.319 e. The van der Waals surface area contributed by atoms with Gasteiger partial charge in [-0.25, -0.2) is 4.79 Å². The summed E-state index contributed by atoms with van der Waals surface area (Å²) in [5.41, 5.74) is 1.78. The second-order valence-corrected chi connectivity index (χ2v) is 3.98. The monoisotopic (exact) mass is 205 g/mol. The Labute approximate surface area is 89.1 Å². The van der Waals surface area contributed by atoms with Crippen molar-refractivity contribution in [1.82, 2.24) is 10.3 Å². The zero-order valence-electron chi connectivity index (χ0n) is 8.79. The standard InChI is InChI=1S/C11H15N3O/c1-8-5-10(7-12-6-8)14-11(15)13-9-3-2-4-9/h5-7,9H,2-4H2,1H3,(H2,13,14,15). The van der Waals surface area contributed by atoms with Gasteiger partial charge in [0.25, 0.3) is 0 Å². The molecular weight excluding hydrogens is 190 g/mol. The highest BCUT2D eigenvalue weighted by Gasteiger charge is 2.19. The van der Waals surface area contributed by atoms with E-state index in [2.05, 4.69) is 15.6 Å². The SMILES string of the molecule is Cc1cncc(NC(=O)NC2CCC2)c1. The molecule has 1 aliphatic rings. The highest BCUT2D eigenvalue weighted by molar-refractivity contribution is 5.89. The predicted octanol–water partition coefficient (Wildman–Crippen LogP) is 2.06. The fourth-order valence-corrected chi connectivity index (χ4v) is 1.53. The Morgan fingerprint density at radius 1 is 1.47 bits per heavy atom. The molecular formula is C11H15N3O. The van der Waals surface area contributed by atoms with Gasteiger partial charge in [0.2, 0.25) is 0 Å². The number of anilines is 1. The molecule has 0 radical (unpaired) electrons. The van der Waals surface area contributed by atoms with Crippen molar-refractivity contribution in [3.8, 4) is 0 Å². The first-order chi connectivity index (χ1) is 7.24. The van der Waals surface area contributed by atoms with Gasteiger partial charge in [0.1, 0.15) is 0 Å². The number of aryl methyl sites for hydroxylation is 1. The van der Waals surface area contributed by atoms with Crippen molar-refractivity contribution < 1.29 is 4.79 Å². The van der Waals surface area contributed by atoms with E-state index in [0.29, 0.717) is 6.04 Å². The van der Waals surface area contributed by atoms with E-state index in [1.807, 2.05) is 13.0 Å². The lowest BCUT2D eigenvalue weighted by Crippen LogP contribution is -2.41. The summed E-state index contributed by atoms with van der Waals surface area (Å²) in [5, 5.41) is 5.68. The van der Waals surface area contributed by atoms with Gasteiger partial charge in [-0.3, -0.25) is 4.98 Å². The van der Waals surface area contributed by atoms with Gasteiger partial charge in [-0.2, -0.15) is 0 Å². The molecule has 1 fully saturated rings. The van der Waals surface area contributed by atoms with Crippen molar-refractivity contribution in [3.05, 3.63) is 24.0 Å². The van der Waals surface area contributed by atoms with Gasteiger partial charge in [0, 0.05) is 12.2 Å². The smallest absolute Gasteiger partial charge is 0.319 e. The second kappa shape index (κ2) is 4.29. The maximum atomic E-state index is 11.5. The number of nitrogens with zero attached hydrogens (tertiary/aromatic N) is 1. The van der Waals surface area contributed by atoms with Crippen molar-refractivity contribution in [3.63, 3.8) is 0 Å². The van der Waals surface area contributed by atoms with Crippen molar-refractivity contribution in [2.45, 2.75) is 32.2 Å². The van der Waals surface area contributed by atoms with E-state index in [9.17, 15) is 4.79 Å². The van der Waals surface area contributed by atoms with Crippen LogP contribution in [-0.2, 0) is 0 Å². The molecule has 0 atom stereocenters. The number of urea groups is 1. The topological polar surface area (TPSA) is 54.0 Å². The number of aromatic nitrogens is 1. The summed E-state index contributed by atoms with van der Waals surface area (Å²) >= 11 is 0. The third-order valence-electron chi connectivity index (χ3n) is 2.57. The zero-order valence-corrected chi connectivity index (χ0v) is 8.79. The van der Waals surface area contributed by atoms with Crippen molar-refractivity contribution >= 4 is 11.7 Å². The molecule has 1 aromatic rings. The van der Waals surface area contributed by atoms with Crippen LogP contribution in [0.2, 0.25) is 0 Å². The maximum absolute atomic E-state index is 11.5. The van der Waals surface area contributed by atoms with E-state index in [1.165, 1.54) is 6.42 Å². The molecule has 1 saturated carbocycles. The normalized spacial score (nSPS) is 15.5. The Bertz CT molecular complexity index is 361. The highest BCUT2D eigenvalue weighted by Crippen LogP contribution is 2.18. The van der Waals surface area contributed by atoms with E-state index >= 15 is 0 Å². The zero-order chi connectivity index (χ0) is 10.7. The summed E-state index contributed by atoms with van der Waals surface area (Å²) in [4.78, 5) is 15.5. The fourth-order valence-electron chi connectivity index (χ4n) is 1.53. The molecule has 0 unspecified atom stereocenters. The first-order valence-corrected chi connectivity index (χ1v) is 5.23. The molecule has 1 aliphatic carbocycles. The Kier molecular flexibility index (Phi) is 2.85. The lowest BCUT2D eigenvalue weighted by molar-refractivity contribution is 0.240. The number of carbonyl (C=O) groups is 1. The van der Waals surface area contributed by atoms with Crippen molar-refractivity contribution in [2.24, 2.45) is 0 Å². The van der Waals surface area contributed by atoms with Crippen LogP contribution in [0.15, 0.2) is 18.5 Å². The van der Waals surface area contributed by atoms with Gasteiger partial charge >= 0.3 is 6.03 Å². The lowest BCUT2D eigenvalue weighted by Gasteiger charge is -2.26. The van der Waals surface area contributed by atoms with Crippen LogP contribution in [0.4, 0.5) is 10.5 Å². The first kappa shape index (κ1) is 9.96. The van der Waals surface area contributed by atoms with E-state index in [0.717, 1.165) is 24.1 Å². The number of rotatable bonds is 2. The number of hydrogen-bond acceptors (Lipinski definition) is 2. The Morgan fingerprint density at radius 2 is 2.27 bits per heavy atom. The molecule has 2 rings (SSSR count). The van der Waals surface area contributed by atoms with Crippen LogP contribution in [0.1, 0.15) is 24.8 Å². The summed E-state index contributed by atoms with van der Waals surface area (Å²) in [7, 11) is 0. The second-order valence-electron chi connectivity index (χ2n) is 3.98. The predicted molar refractivity (Wildman–Crippen MR) is 58.8 cm³/mol. The molecule has 2 N–H and O–H groups in total. The van der Waals surface area contributed by atoms with Gasteiger partial charge in [-0.15, -0.1) is 0 Å². The molecule has 15 heavy (non-hydrogen) atoms. The average Bonchev–Trinajstić information content (AvgIpc) is 2.11. The highest BCUT2D eigenvalue weighted by atomic mass is 16.2. The fraction of sp³-hybridized carbons (Fsp3) is 0.455. The van der Waals surface area contributed by atoms with E-state index in [-0.39, 0.29) is 6.03 Å².